The first-order chi connectivity index (χ1) is 9.08. The molecule has 0 bridgehead atoms. The molecule has 0 spiro atoms. The van der Waals surface area contributed by atoms with Gasteiger partial charge in [0.1, 0.15) is 23.6 Å². The number of nitrogens with two attached hydrogens (primary N) is 1. The van der Waals surface area contributed by atoms with Crippen LogP contribution in [0, 0.1) is 0 Å². The fourth-order valence-electron chi connectivity index (χ4n) is 2.33. The lowest BCUT2D eigenvalue weighted by atomic mass is 10.0. The van der Waals surface area contributed by atoms with Gasteiger partial charge < -0.3 is 20.5 Å². The monoisotopic (exact) mass is 266 g/mol. The summed E-state index contributed by atoms with van der Waals surface area (Å²) < 4.78 is 11.0. The summed E-state index contributed by atoms with van der Waals surface area (Å²) in [7, 11) is 1.72. The van der Waals surface area contributed by atoms with Crippen molar-refractivity contribution >= 4 is 11.6 Å². The van der Waals surface area contributed by atoms with Crippen LogP contribution in [0.5, 0.6) is 0 Å². The zero-order valence-electron chi connectivity index (χ0n) is 11.8. The maximum Gasteiger partial charge on any atom is 0.135 e. The van der Waals surface area contributed by atoms with E-state index in [1.54, 1.807) is 7.11 Å². The first-order valence-electron chi connectivity index (χ1n) is 6.55. The van der Waals surface area contributed by atoms with Crippen LogP contribution in [0.1, 0.15) is 31.7 Å². The summed E-state index contributed by atoms with van der Waals surface area (Å²) in [4.78, 5) is 8.34. The molecule has 6 heteroatoms. The van der Waals surface area contributed by atoms with Crippen molar-refractivity contribution in [1.29, 1.82) is 0 Å². The van der Waals surface area contributed by atoms with Gasteiger partial charge in [0, 0.05) is 32.2 Å². The topological polar surface area (TPSA) is 82.3 Å². The van der Waals surface area contributed by atoms with E-state index in [1.165, 1.54) is 6.33 Å². The summed E-state index contributed by atoms with van der Waals surface area (Å²) in [6, 6.07) is 0. The fraction of sp³-hybridized carbons (Fsp3) is 0.692. The minimum Gasteiger partial charge on any atom is -0.383 e. The number of nitrogens with one attached hydrogen (secondary N) is 1. The Hall–Kier alpha value is -1.40. The maximum absolute atomic E-state index is 5.92. The van der Waals surface area contributed by atoms with Crippen LogP contribution >= 0.6 is 0 Å². The van der Waals surface area contributed by atoms with E-state index >= 15 is 0 Å². The smallest absolute Gasteiger partial charge is 0.135 e. The molecule has 6 nitrogen and oxygen atoms in total. The third-order valence-electron chi connectivity index (χ3n) is 3.57. The highest BCUT2D eigenvalue weighted by Gasteiger charge is 2.35. The van der Waals surface area contributed by atoms with Gasteiger partial charge in [0.2, 0.25) is 0 Å². The van der Waals surface area contributed by atoms with Crippen LogP contribution in [0.25, 0.3) is 0 Å². The Morgan fingerprint density at radius 2 is 2.32 bits per heavy atom. The highest BCUT2D eigenvalue weighted by molar-refractivity contribution is 5.56. The first kappa shape index (κ1) is 14.0. The SMILES string of the molecule is COC1(CNc2ncnc(N)c2C(C)C)CCOC1. The normalized spacial score (nSPS) is 22.9. The highest BCUT2D eigenvalue weighted by Crippen LogP contribution is 2.28. The Kier molecular flexibility index (Phi) is 4.21. The number of anilines is 2. The largest absolute Gasteiger partial charge is 0.383 e. The van der Waals surface area contributed by atoms with Crippen molar-refractivity contribution in [3.05, 3.63) is 11.9 Å². The van der Waals surface area contributed by atoms with Gasteiger partial charge >= 0.3 is 0 Å². The number of ether oxygens (including phenoxy) is 2. The van der Waals surface area contributed by atoms with Gasteiger partial charge in [-0.15, -0.1) is 0 Å². The number of hydrogen-bond acceptors (Lipinski definition) is 6. The fourth-order valence-corrected chi connectivity index (χ4v) is 2.33. The molecule has 1 aliphatic heterocycles. The highest BCUT2D eigenvalue weighted by atomic mass is 16.5. The van der Waals surface area contributed by atoms with Crippen molar-refractivity contribution in [2.45, 2.75) is 31.8 Å². The second kappa shape index (κ2) is 5.71. The van der Waals surface area contributed by atoms with E-state index in [1.807, 2.05) is 0 Å². The molecule has 1 fully saturated rings. The quantitative estimate of drug-likeness (QED) is 0.838. The Bertz CT molecular complexity index is 431. The number of nitrogen functional groups attached to an aromatic ring is 1. The van der Waals surface area contributed by atoms with Crippen LogP contribution in [0.2, 0.25) is 0 Å². The summed E-state index contributed by atoms with van der Waals surface area (Å²) in [6.45, 7) is 6.14. The Morgan fingerprint density at radius 3 is 2.89 bits per heavy atom. The van der Waals surface area contributed by atoms with E-state index in [0.29, 0.717) is 19.0 Å². The van der Waals surface area contributed by atoms with Crippen molar-refractivity contribution in [2.24, 2.45) is 0 Å². The molecule has 0 radical (unpaired) electrons. The molecule has 19 heavy (non-hydrogen) atoms. The molecule has 1 aromatic heterocycles. The number of methoxy groups -OCH3 is 1. The van der Waals surface area contributed by atoms with Gasteiger partial charge in [0.05, 0.1) is 6.61 Å². The van der Waals surface area contributed by atoms with Gasteiger partial charge in [-0.25, -0.2) is 9.97 Å². The number of aromatic nitrogens is 2. The second-order valence-electron chi connectivity index (χ2n) is 5.22. The van der Waals surface area contributed by atoms with Gasteiger partial charge in [0.15, 0.2) is 0 Å². The number of rotatable bonds is 5. The Labute approximate surface area is 113 Å². The molecule has 3 N–H and O–H groups in total. The van der Waals surface area contributed by atoms with E-state index < -0.39 is 0 Å². The molecule has 1 saturated heterocycles. The van der Waals surface area contributed by atoms with Crippen molar-refractivity contribution in [1.82, 2.24) is 9.97 Å². The van der Waals surface area contributed by atoms with Crippen molar-refractivity contribution in [2.75, 3.05) is 37.9 Å². The summed E-state index contributed by atoms with van der Waals surface area (Å²) in [5.41, 5.74) is 6.61. The van der Waals surface area contributed by atoms with Crippen molar-refractivity contribution in [3.63, 3.8) is 0 Å². The number of nitrogens with zero attached hydrogens (tertiary/aromatic N) is 2. The van der Waals surface area contributed by atoms with Crippen LogP contribution in [-0.2, 0) is 9.47 Å². The van der Waals surface area contributed by atoms with Gasteiger partial charge in [-0.1, -0.05) is 13.8 Å². The lowest BCUT2D eigenvalue weighted by molar-refractivity contribution is -0.00626. The third-order valence-corrected chi connectivity index (χ3v) is 3.57. The average molecular weight is 266 g/mol. The van der Waals surface area contributed by atoms with Crippen LogP contribution in [0.3, 0.4) is 0 Å². The summed E-state index contributed by atoms with van der Waals surface area (Å²) in [5, 5.41) is 3.33. The van der Waals surface area contributed by atoms with Crippen LogP contribution < -0.4 is 11.1 Å². The molecular weight excluding hydrogens is 244 g/mol. The minimum absolute atomic E-state index is 0.266. The van der Waals surface area contributed by atoms with Crippen LogP contribution in [-0.4, -0.2) is 42.4 Å². The molecule has 0 saturated carbocycles. The molecule has 1 aromatic rings. The van der Waals surface area contributed by atoms with Crippen LogP contribution in [0.15, 0.2) is 6.33 Å². The van der Waals surface area contributed by atoms with E-state index in [-0.39, 0.29) is 11.5 Å². The lowest BCUT2D eigenvalue weighted by Gasteiger charge is -2.27. The molecule has 0 amide bonds. The molecular formula is C13H22N4O2. The van der Waals surface area contributed by atoms with Gasteiger partial charge in [-0.05, 0) is 5.92 Å². The maximum atomic E-state index is 5.92. The molecule has 1 unspecified atom stereocenters. The van der Waals surface area contributed by atoms with E-state index in [2.05, 4.69) is 29.1 Å². The predicted molar refractivity (Wildman–Crippen MR) is 74.2 cm³/mol. The molecule has 106 valence electrons. The first-order valence-corrected chi connectivity index (χ1v) is 6.55. The van der Waals surface area contributed by atoms with Crippen molar-refractivity contribution in [3.8, 4) is 0 Å². The summed E-state index contributed by atoms with van der Waals surface area (Å²) in [6.07, 6.45) is 2.36. The average Bonchev–Trinajstić information content (AvgIpc) is 2.85. The summed E-state index contributed by atoms with van der Waals surface area (Å²) >= 11 is 0. The predicted octanol–water partition coefficient (Wildman–Crippen LogP) is 1.40. The molecule has 2 rings (SSSR count). The van der Waals surface area contributed by atoms with Gasteiger partial charge in [-0.3, -0.25) is 0 Å². The van der Waals surface area contributed by atoms with Crippen LogP contribution in [0.4, 0.5) is 11.6 Å². The zero-order valence-corrected chi connectivity index (χ0v) is 11.8. The Morgan fingerprint density at radius 1 is 1.53 bits per heavy atom. The van der Waals surface area contributed by atoms with Gasteiger partial charge in [0.25, 0.3) is 0 Å². The van der Waals surface area contributed by atoms with Gasteiger partial charge in [-0.2, -0.15) is 0 Å². The standard InChI is InChI=1S/C13H22N4O2/c1-9(2)10-11(14)16-8-17-12(10)15-6-13(18-3)4-5-19-7-13/h8-9H,4-7H2,1-3H3,(H3,14,15,16,17). The molecule has 1 atom stereocenters. The zero-order chi connectivity index (χ0) is 13.9. The van der Waals surface area contributed by atoms with E-state index in [4.69, 9.17) is 15.2 Å². The second-order valence-corrected chi connectivity index (χ2v) is 5.22. The van der Waals surface area contributed by atoms with Crippen molar-refractivity contribution < 1.29 is 9.47 Å². The lowest BCUT2D eigenvalue weighted by Crippen LogP contribution is -2.40. The van der Waals surface area contributed by atoms with E-state index in [9.17, 15) is 0 Å². The van der Waals surface area contributed by atoms with E-state index in [0.717, 1.165) is 24.4 Å². The molecule has 2 heterocycles. The Balaban J connectivity index is 2.13. The number of hydrogen-bond donors (Lipinski definition) is 2. The molecule has 1 aliphatic rings. The summed E-state index contributed by atoms with van der Waals surface area (Å²) in [5.74, 6) is 1.58. The molecule has 0 aliphatic carbocycles. The third kappa shape index (κ3) is 2.96. The minimum atomic E-state index is -0.270. The molecule has 0 aromatic carbocycles.